The number of aromatic nitrogens is 2. The highest BCUT2D eigenvalue weighted by atomic mass is 16.5. The van der Waals surface area contributed by atoms with Crippen molar-refractivity contribution >= 4 is 5.91 Å². The molecule has 0 saturated carbocycles. The van der Waals surface area contributed by atoms with Gasteiger partial charge in [0.15, 0.2) is 0 Å². The highest BCUT2D eigenvalue weighted by molar-refractivity contribution is 5.76. The van der Waals surface area contributed by atoms with Crippen LogP contribution in [0, 0.1) is 5.92 Å². The lowest BCUT2D eigenvalue weighted by molar-refractivity contribution is -0.132. The summed E-state index contributed by atoms with van der Waals surface area (Å²) in [5.74, 6) is 0.693. The zero-order valence-corrected chi connectivity index (χ0v) is 11.8. The number of ether oxygens (including phenoxy) is 1. The Hall–Kier alpha value is -1.36. The summed E-state index contributed by atoms with van der Waals surface area (Å²) >= 11 is 0. The molecule has 19 heavy (non-hydrogen) atoms. The van der Waals surface area contributed by atoms with Crippen LogP contribution in [0.25, 0.3) is 0 Å². The monoisotopic (exact) mass is 265 g/mol. The average molecular weight is 265 g/mol. The summed E-state index contributed by atoms with van der Waals surface area (Å²) in [5, 5.41) is 7.12. The minimum absolute atomic E-state index is 0.223. The second kappa shape index (κ2) is 6.70. The van der Waals surface area contributed by atoms with E-state index in [1.54, 1.807) is 0 Å². The molecule has 2 rings (SSSR count). The van der Waals surface area contributed by atoms with Crippen molar-refractivity contribution < 1.29 is 9.53 Å². The molecule has 0 spiro atoms. The van der Waals surface area contributed by atoms with Crippen LogP contribution in [-0.2, 0) is 22.5 Å². The maximum Gasteiger partial charge on any atom is 0.222 e. The van der Waals surface area contributed by atoms with Gasteiger partial charge in [-0.1, -0.05) is 6.92 Å². The summed E-state index contributed by atoms with van der Waals surface area (Å²) in [6, 6.07) is 0. The topological polar surface area (TPSA) is 58.2 Å². The fraction of sp³-hybridized carbons (Fsp3) is 0.714. The predicted octanol–water partition coefficient (Wildman–Crippen LogP) is 1.75. The predicted molar refractivity (Wildman–Crippen MR) is 72.6 cm³/mol. The van der Waals surface area contributed by atoms with Gasteiger partial charge in [-0.25, -0.2) is 0 Å². The fourth-order valence-electron chi connectivity index (χ4n) is 2.53. The van der Waals surface area contributed by atoms with Gasteiger partial charge < -0.3 is 9.64 Å². The number of hydrogen-bond donors (Lipinski definition) is 1. The lowest BCUT2D eigenvalue weighted by atomic mass is 10.1. The number of hydrogen-bond acceptors (Lipinski definition) is 3. The average Bonchev–Trinajstić information content (AvgIpc) is 2.74. The van der Waals surface area contributed by atoms with Crippen molar-refractivity contribution in [1.82, 2.24) is 15.1 Å². The first-order valence-corrected chi connectivity index (χ1v) is 7.07. The van der Waals surface area contributed by atoms with Gasteiger partial charge in [-0.05, 0) is 25.7 Å². The molecule has 1 aromatic rings. The number of carbonyl (C=O) groups is 1. The zero-order valence-electron chi connectivity index (χ0n) is 11.8. The first-order chi connectivity index (χ1) is 9.20. The molecule has 1 aromatic heterocycles. The molecule has 106 valence electrons. The third-order valence-electron chi connectivity index (χ3n) is 3.49. The Kier molecular flexibility index (Phi) is 4.96. The number of nitrogens with zero attached hydrogens (tertiary/aromatic N) is 2. The van der Waals surface area contributed by atoms with Crippen LogP contribution < -0.4 is 0 Å². The summed E-state index contributed by atoms with van der Waals surface area (Å²) in [6.07, 6.45) is 4.18. The Balaban J connectivity index is 1.91. The number of H-pyrrole nitrogens is 1. The van der Waals surface area contributed by atoms with E-state index < -0.39 is 0 Å². The lowest BCUT2D eigenvalue weighted by Crippen LogP contribution is -2.33. The van der Waals surface area contributed by atoms with Gasteiger partial charge in [-0.15, -0.1) is 0 Å². The molecule has 0 saturated heterocycles. The molecule has 5 nitrogen and oxygen atoms in total. The minimum atomic E-state index is 0.223. The molecular weight excluding hydrogens is 242 g/mol. The molecule has 0 aromatic carbocycles. The van der Waals surface area contributed by atoms with Crippen molar-refractivity contribution in [3.8, 4) is 0 Å². The Morgan fingerprint density at radius 2 is 2.47 bits per heavy atom. The van der Waals surface area contributed by atoms with Crippen LogP contribution in [0.5, 0.6) is 0 Å². The standard InChI is InChI=1S/C14H23N3O2/c1-3-19-6-4-5-14(18)17-9-11(2)7-13-12(10-17)8-15-16-13/h8,11H,3-7,9-10H2,1-2H3,(H,15,16)/t11-/m0/s1. The van der Waals surface area contributed by atoms with Crippen LogP contribution in [0.1, 0.15) is 37.9 Å². The van der Waals surface area contributed by atoms with Crippen molar-refractivity contribution in [1.29, 1.82) is 0 Å². The second-order valence-corrected chi connectivity index (χ2v) is 5.26. The Morgan fingerprint density at radius 1 is 1.63 bits per heavy atom. The van der Waals surface area contributed by atoms with Gasteiger partial charge in [0.2, 0.25) is 5.91 Å². The van der Waals surface area contributed by atoms with Gasteiger partial charge in [0.05, 0.1) is 6.20 Å². The SMILES string of the molecule is CCOCCCC(=O)N1Cc2cn[nH]c2C[C@H](C)C1. The van der Waals surface area contributed by atoms with E-state index in [1.807, 2.05) is 18.0 Å². The molecule has 5 heteroatoms. The molecule has 0 aliphatic carbocycles. The second-order valence-electron chi connectivity index (χ2n) is 5.26. The first kappa shape index (κ1) is 14.1. The molecule has 1 N–H and O–H groups in total. The van der Waals surface area contributed by atoms with Gasteiger partial charge >= 0.3 is 0 Å². The maximum absolute atomic E-state index is 12.2. The zero-order chi connectivity index (χ0) is 13.7. The van der Waals surface area contributed by atoms with E-state index in [0.29, 0.717) is 32.1 Å². The van der Waals surface area contributed by atoms with E-state index in [-0.39, 0.29) is 5.91 Å². The molecule has 0 bridgehead atoms. The van der Waals surface area contributed by atoms with E-state index >= 15 is 0 Å². The van der Waals surface area contributed by atoms with Crippen LogP contribution in [0.4, 0.5) is 0 Å². The van der Waals surface area contributed by atoms with E-state index in [0.717, 1.165) is 24.9 Å². The van der Waals surface area contributed by atoms with Crippen LogP contribution >= 0.6 is 0 Å². The van der Waals surface area contributed by atoms with Crippen LogP contribution in [0.3, 0.4) is 0 Å². The van der Waals surface area contributed by atoms with Crippen molar-refractivity contribution in [2.45, 2.75) is 39.7 Å². The molecule has 1 aliphatic heterocycles. The number of aromatic amines is 1. The number of carbonyl (C=O) groups excluding carboxylic acids is 1. The largest absolute Gasteiger partial charge is 0.382 e. The van der Waals surface area contributed by atoms with Crippen LogP contribution in [-0.4, -0.2) is 40.8 Å². The third kappa shape index (κ3) is 3.80. The summed E-state index contributed by atoms with van der Waals surface area (Å²) < 4.78 is 5.28. The summed E-state index contributed by atoms with van der Waals surface area (Å²) in [5.41, 5.74) is 2.33. The van der Waals surface area contributed by atoms with Crippen molar-refractivity contribution in [2.75, 3.05) is 19.8 Å². The molecule has 1 amide bonds. The van der Waals surface area contributed by atoms with E-state index in [9.17, 15) is 4.79 Å². The number of rotatable bonds is 5. The Bertz CT molecular complexity index is 417. The van der Waals surface area contributed by atoms with Crippen LogP contribution in [0.15, 0.2) is 6.20 Å². The number of nitrogens with one attached hydrogen (secondary N) is 1. The molecule has 0 unspecified atom stereocenters. The third-order valence-corrected chi connectivity index (χ3v) is 3.49. The van der Waals surface area contributed by atoms with Gasteiger partial charge in [0, 0.05) is 44.0 Å². The van der Waals surface area contributed by atoms with E-state index in [1.165, 1.54) is 5.69 Å². The van der Waals surface area contributed by atoms with Gasteiger partial charge in [-0.2, -0.15) is 5.10 Å². The highest BCUT2D eigenvalue weighted by Gasteiger charge is 2.23. The number of amides is 1. The van der Waals surface area contributed by atoms with Crippen molar-refractivity contribution in [3.05, 3.63) is 17.5 Å². The number of fused-ring (bicyclic) bond motifs is 1. The summed E-state index contributed by atoms with van der Waals surface area (Å²) in [4.78, 5) is 14.2. The Labute approximate surface area is 114 Å². The maximum atomic E-state index is 12.2. The highest BCUT2D eigenvalue weighted by Crippen LogP contribution is 2.20. The molecule has 2 heterocycles. The fourth-order valence-corrected chi connectivity index (χ4v) is 2.53. The lowest BCUT2D eigenvalue weighted by Gasteiger charge is -2.22. The minimum Gasteiger partial charge on any atom is -0.382 e. The first-order valence-electron chi connectivity index (χ1n) is 7.07. The summed E-state index contributed by atoms with van der Waals surface area (Å²) in [6.45, 7) is 7.05. The van der Waals surface area contributed by atoms with Crippen molar-refractivity contribution in [2.24, 2.45) is 5.92 Å². The molecular formula is C14H23N3O2. The molecule has 1 aliphatic rings. The van der Waals surface area contributed by atoms with Crippen molar-refractivity contribution in [3.63, 3.8) is 0 Å². The molecule has 0 radical (unpaired) electrons. The summed E-state index contributed by atoms with van der Waals surface area (Å²) in [7, 11) is 0. The van der Waals surface area contributed by atoms with E-state index in [2.05, 4.69) is 17.1 Å². The normalized spacial score (nSPS) is 19.1. The van der Waals surface area contributed by atoms with Crippen LogP contribution in [0.2, 0.25) is 0 Å². The molecule has 0 fully saturated rings. The Morgan fingerprint density at radius 3 is 3.26 bits per heavy atom. The quantitative estimate of drug-likeness (QED) is 0.825. The smallest absolute Gasteiger partial charge is 0.222 e. The van der Waals surface area contributed by atoms with E-state index in [4.69, 9.17) is 4.74 Å². The molecule has 1 atom stereocenters. The van der Waals surface area contributed by atoms with Gasteiger partial charge in [0.1, 0.15) is 0 Å². The van der Waals surface area contributed by atoms with Gasteiger partial charge in [0.25, 0.3) is 0 Å². The van der Waals surface area contributed by atoms with Gasteiger partial charge in [-0.3, -0.25) is 9.89 Å².